The smallest absolute Gasteiger partial charge is 0.248 e. The van der Waals surface area contributed by atoms with Gasteiger partial charge < -0.3 is 5.32 Å². The summed E-state index contributed by atoms with van der Waals surface area (Å²) in [6.07, 6.45) is 3.83. The zero-order valence-corrected chi connectivity index (χ0v) is 12.4. The third-order valence-corrected chi connectivity index (χ3v) is 4.10. The molecule has 2 unspecified atom stereocenters. The maximum absolute atomic E-state index is 13.3. The zero-order valence-electron chi connectivity index (χ0n) is 12.4. The first kappa shape index (κ1) is 15.9. The Bertz CT molecular complexity index is 245. The standard InChI is InChI=1S/C15H29F2N/c1-5-18-13(14(2,3)4)9-8-12-7-6-10-15(16,17)11-12/h12-13,18H,5-11H2,1-4H3. The van der Waals surface area contributed by atoms with E-state index in [1.807, 2.05) is 0 Å². The SMILES string of the molecule is CCNC(CCC1CCCC(F)(F)C1)C(C)(C)C. The minimum Gasteiger partial charge on any atom is -0.314 e. The van der Waals surface area contributed by atoms with Gasteiger partial charge in [-0.05, 0) is 37.1 Å². The topological polar surface area (TPSA) is 12.0 Å². The Balaban J connectivity index is 2.42. The van der Waals surface area contributed by atoms with Crippen molar-refractivity contribution in [2.24, 2.45) is 11.3 Å². The van der Waals surface area contributed by atoms with Gasteiger partial charge in [-0.2, -0.15) is 0 Å². The van der Waals surface area contributed by atoms with Gasteiger partial charge in [0.2, 0.25) is 5.92 Å². The lowest BCUT2D eigenvalue weighted by Crippen LogP contribution is -2.40. The van der Waals surface area contributed by atoms with Gasteiger partial charge >= 0.3 is 0 Å². The van der Waals surface area contributed by atoms with Crippen LogP contribution in [0.5, 0.6) is 0 Å². The Hall–Kier alpha value is -0.180. The summed E-state index contributed by atoms with van der Waals surface area (Å²) in [5, 5.41) is 3.50. The molecule has 3 heteroatoms. The zero-order chi connectivity index (χ0) is 13.8. The van der Waals surface area contributed by atoms with Crippen molar-refractivity contribution in [3.8, 4) is 0 Å². The molecule has 0 aromatic rings. The molecule has 0 spiro atoms. The predicted octanol–water partition coefficient (Wildman–Crippen LogP) is 4.62. The second-order valence-corrected chi connectivity index (χ2v) is 6.87. The Kier molecular flexibility index (Phi) is 5.57. The summed E-state index contributed by atoms with van der Waals surface area (Å²) >= 11 is 0. The predicted molar refractivity (Wildman–Crippen MR) is 73.1 cm³/mol. The normalized spacial score (nSPS) is 26.0. The van der Waals surface area contributed by atoms with Crippen molar-refractivity contribution in [1.82, 2.24) is 5.32 Å². The minimum absolute atomic E-state index is 0.0966. The number of alkyl halides is 2. The van der Waals surface area contributed by atoms with Gasteiger partial charge in [0.25, 0.3) is 0 Å². The van der Waals surface area contributed by atoms with Crippen molar-refractivity contribution in [2.45, 2.75) is 78.2 Å². The molecule has 1 fully saturated rings. The lowest BCUT2D eigenvalue weighted by Gasteiger charge is -2.34. The van der Waals surface area contributed by atoms with Crippen molar-refractivity contribution in [3.63, 3.8) is 0 Å². The van der Waals surface area contributed by atoms with E-state index in [0.717, 1.165) is 25.8 Å². The average Bonchev–Trinajstić information content (AvgIpc) is 2.21. The van der Waals surface area contributed by atoms with Crippen LogP contribution in [0.1, 0.15) is 66.2 Å². The van der Waals surface area contributed by atoms with Crippen LogP contribution in [-0.4, -0.2) is 18.5 Å². The second kappa shape index (κ2) is 6.31. The largest absolute Gasteiger partial charge is 0.314 e. The van der Waals surface area contributed by atoms with E-state index in [1.165, 1.54) is 0 Å². The summed E-state index contributed by atoms with van der Waals surface area (Å²) in [6, 6.07) is 0.429. The van der Waals surface area contributed by atoms with Crippen LogP contribution in [0.25, 0.3) is 0 Å². The molecule has 0 saturated heterocycles. The van der Waals surface area contributed by atoms with Crippen molar-refractivity contribution in [1.29, 1.82) is 0 Å². The van der Waals surface area contributed by atoms with Crippen molar-refractivity contribution >= 4 is 0 Å². The lowest BCUT2D eigenvalue weighted by molar-refractivity contribution is -0.0544. The quantitative estimate of drug-likeness (QED) is 0.761. The van der Waals surface area contributed by atoms with E-state index >= 15 is 0 Å². The highest BCUT2D eigenvalue weighted by molar-refractivity contribution is 4.84. The third kappa shape index (κ3) is 5.21. The van der Waals surface area contributed by atoms with Gasteiger partial charge in [-0.15, -0.1) is 0 Å². The maximum atomic E-state index is 13.3. The number of nitrogens with one attached hydrogen (secondary N) is 1. The van der Waals surface area contributed by atoms with Crippen molar-refractivity contribution in [3.05, 3.63) is 0 Å². The van der Waals surface area contributed by atoms with E-state index in [1.54, 1.807) is 0 Å². The van der Waals surface area contributed by atoms with Crippen LogP contribution in [0.3, 0.4) is 0 Å². The number of halogens is 2. The van der Waals surface area contributed by atoms with E-state index in [0.29, 0.717) is 12.5 Å². The summed E-state index contributed by atoms with van der Waals surface area (Å²) in [6.45, 7) is 9.71. The molecule has 1 aliphatic carbocycles. The first-order valence-electron chi connectivity index (χ1n) is 7.36. The highest BCUT2D eigenvalue weighted by atomic mass is 19.3. The maximum Gasteiger partial charge on any atom is 0.248 e. The molecule has 0 aromatic carbocycles. The number of rotatable bonds is 5. The summed E-state index contributed by atoms with van der Waals surface area (Å²) in [4.78, 5) is 0. The average molecular weight is 261 g/mol. The van der Waals surface area contributed by atoms with E-state index < -0.39 is 5.92 Å². The summed E-state index contributed by atoms with van der Waals surface area (Å²) in [5.74, 6) is -2.18. The van der Waals surface area contributed by atoms with Gasteiger partial charge in [0.05, 0.1) is 0 Å². The van der Waals surface area contributed by atoms with Gasteiger partial charge in [0, 0.05) is 18.9 Å². The molecule has 1 rings (SSSR count). The molecule has 0 heterocycles. The van der Waals surface area contributed by atoms with Gasteiger partial charge in [-0.1, -0.05) is 34.1 Å². The van der Waals surface area contributed by atoms with Crippen molar-refractivity contribution in [2.75, 3.05) is 6.54 Å². The van der Waals surface area contributed by atoms with E-state index in [4.69, 9.17) is 0 Å². The van der Waals surface area contributed by atoms with Crippen molar-refractivity contribution < 1.29 is 8.78 Å². The molecule has 1 nitrogen and oxygen atoms in total. The molecule has 1 N–H and O–H groups in total. The van der Waals surface area contributed by atoms with Crippen LogP contribution >= 0.6 is 0 Å². The number of hydrogen-bond acceptors (Lipinski definition) is 1. The molecule has 1 saturated carbocycles. The Labute approximate surface area is 111 Å². The van der Waals surface area contributed by atoms with Gasteiger partial charge in [-0.25, -0.2) is 8.78 Å². The lowest BCUT2D eigenvalue weighted by atomic mass is 9.78. The van der Waals surface area contributed by atoms with E-state index in [9.17, 15) is 8.78 Å². The molecule has 108 valence electrons. The van der Waals surface area contributed by atoms with E-state index in [-0.39, 0.29) is 24.2 Å². The van der Waals surface area contributed by atoms with Crippen LogP contribution in [0, 0.1) is 11.3 Å². The minimum atomic E-state index is -2.40. The summed E-state index contributed by atoms with van der Waals surface area (Å²) in [5.41, 5.74) is 0.202. The Morgan fingerprint density at radius 2 is 2.00 bits per heavy atom. The molecule has 0 radical (unpaired) electrons. The Morgan fingerprint density at radius 3 is 2.50 bits per heavy atom. The first-order valence-corrected chi connectivity index (χ1v) is 7.36. The molecular weight excluding hydrogens is 232 g/mol. The molecule has 0 amide bonds. The number of hydrogen-bond donors (Lipinski definition) is 1. The summed E-state index contributed by atoms with van der Waals surface area (Å²) in [7, 11) is 0. The fraction of sp³-hybridized carbons (Fsp3) is 1.00. The van der Waals surface area contributed by atoms with Gasteiger partial charge in [0.15, 0.2) is 0 Å². The van der Waals surface area contributed by atoms with Crippen LogP contribution in [0.4, 0.5) is 8.78 Å². The van der Waals surface area contributed by atoms with Crippen LogP contribution in [0.2, 0.25) is 0 Å². The van der Waals surface area contributed by atoms with E-state index in [2.05, 4.69) is 33.0 Å². The molecule has 1 aliphatic rings. The van der Waals surface area contributed by atoms with Crippen LogP contribution in [0.15, 0.2) is 0 Å². The molecule has 2 atom stereocenters. The highest BCUT2D eigenvalue weighted by Crippen LogP contribution is 2.39. The fourth-order valence-electron chi connectivity index (χ4n) is 3.01. The molecular formula is C15H29F2N. The monoisotopic (exact) mass is 261 g/mol. The summed E-state index contributed by atoms with van der Waals surface area (Å²) < 4.78 is 26.7. The molecule has 0 aliphatic heterocycles. The second-order valence-electron chi connectivity index (χ2n) is 6.87. The van der Waals surface area contributed by atoms with Gasteiger partial charge in [-0.3, -0.25) is 0 Å². The third-order valence-electron chi connectivity index (χ3n) is 4.10. The molecule has 18 heavy (non-hydrogen) atoms. The molecule has 0 aromatic heterocycles. The van der Waals surface area contributed by atoms with Gasteiger partial charge in [0.1, 0.15) is 0 Å². The van der Waals surface area contributed by atoms with Crippen LogP contribution < -0.4 is 5.32 Å². The highest BCUT2D eigenvalue weighted by Gasteiger charge is 2.36. The molecule has 0 bridgehead atoms. The van der Waals surface area contributed by atoms with Crippen LogP contribution in [-0.2, 0) is 0 Å². The Morgan fingerprint density at radius 1 is 1.33 bits per heavy atom. The fourth-order valence-corrected chi connectivity index (χ4v) is 3.01. The first-order chi connectivity index (χ1) is 8.24.